The van der Waals surface area contributed by atoms with E-state index < -0.39 is 5.97 Å². The second kappa shape index (κ2) is 7.09. The third-order valence-electron chi connectivity index (χ3n) is 2.20. The number of hydrogen-bond donors (Lipinski definition) is 1. The van der Waals surface area contributed by atoms with Crippen molar-refractivity contribution in [3.8, 4) is 0 Å². The molecule has 112 valence electrons. The summed E-state index contributed by atoms with van der Waals surface area (Å²) in [6, 6.07) is 2.67. The lowest BCUT2D eigenvalue weighted by Gasteiger charge is -2.04. The first-order chi connectivity index (χ1) is 10.0. The summed E-state index contributed by atoms with van der Waals surface area (Å²) in [7, 11) is 0. The molecule has 0 saturated heterocycles. The summed E-state index contributed by atoms with van der Waals surface area (Å²) in [6.45, 7) is 0.106. The molecule has 1 amide bonds. The number of nitrogens with one attached hydrogen (secondary N) is 1. The number of nitrogens with zero attached hydrogens (tertiary/aromatic N) is 2. The summed E-state index contributed by atoms with van der Waals surface area (Å²) in [5.74, 6) is -0.805. The number of aromatic nitrogens is 2. The standard InChI is InChI=1S/C11H9Cl2N3O5/c12-8-3-6(20-15-8)4-10(17)14-1-2-19-11(18)7-5-9(13)16-21-7/h3,5H,1-2,4H2,(H,14,17). The van der Waals surface area contributed by atoms with Gasteiger partial charge in [0.2, 0.25) is 11.7 Å². The quantitative estimate of drug-likeness (QED) is 0.630. The Bertz CT molecular complexity index is 639. The molecule has 0 atom stereocenters. The van der Waals surface area contributed by atoms with Crippen LogP contribution in [0, 0.1) is 0 Å². The molecule has 0 unspecified atom stereocenters. The number of hydrogen-bond acceptors (Lipinski definition) is 7. The van der Waals surface area contributed by atoms with Gasteiger partial charge in [0, 0.05) is 12.1 Å². The van der Waals surface area contributed by atoms with Gasteiger partial charge in [-0.05, 0) is 0 Å². The van der Waals surface area contributed by atoms with Crippen molar-refractivity contribution in [2.24, 2.45) is 0 Å². The fourth-order valence-electron chi connectivity index (χ4n) is 1.35. The van der Waals surface area contributed by atoms with Crippen LogP contribution in [-0.4, -0.2) is 35.3 Å². The fraction of sp³-hybridized carbons (Fsp3) is 0.273. The Morgan fingerprint density at radius 2 is 1.90 bits per heavy atom. The van der Waals surface area contributed by atoms with E-state index >= 15 is 0 Å². The molecule has 0 radical (unpaired) electrons. The molecular formula is C11H9Cl2N3O5. The van der Waals surface area contributed by atoms with E-state index in [4.69, 9.17) is 32.5 Å². The minimum Gasteiger partial charge on any atom is -0.458 e. The molecule has 0 saturated carbocycles. The van der Waals surface area contributed by atoms with E-state index in [1.807, 2.05) is 0 Å². The van der Waals surface area contributed by atoms with E-state index in [0.29, 0.717) is 5.76 Å². The number of carbonyl (C=O) groups excluding carboxylic acids is 2. The molecule has 1 N–H and O–H groups in total. The lowest BCUT2D eigenvalue weighted by molar-refractivity contribution is -0.120. The van der Waals surface area contributed by atoms with Crippen molar-refractivity contribution in [1.82, 2.24) is 15.6 Å². The van der Waals surface area contributed by atoms with Crippen LogP contribution in [-0.2, 0) is 16.0 Å². The van der Waals surface area contributed by atoms with Gasteiger partial charge in [0.1, 0.15) is 12.4 Å². The second-order valence-electron chi connectivity index (χ2n) is 3.79. The van der Waals surface area contributed by atoms with Crippen molar-refractivity contribution in [1.29, 1.82) is 0 Å². The summed E-state index contributed by atoms with van der Waals surface area (Å²) < 4.78 is 14.2. The van der Waals surface area contributed by atoms with E-state index in [1.54, 1.807) is 0 Å². The lowest BCUT2D eigenvalue weighted by Crippen LogP contribution is -2.29. The molecule has 2 aromatic heterocycles. The molecule has 0 aromatic carbocycles. The zero-order chi connectivity index (χ0) is 15.2. The molecule has 2 rings (SSSR count). The highest BCUT2D eigenvalue weighted by atomic mass is 35.5. The smallest absolute Gasteiger partial charge is 0.377 e. The summed E-state index contributed by atoms with van der Waals surface area (Å²) in [5, 5.41) is 9.54. The third kappa shape index (κ3) is 4.76. The minimum absolute atomic E-state index is 0.00855. The summed E-state index contributed by atoms with van der Waals surface area (Å²) in [4.78, 5) is 22.9. The predicted molar refractivity (Wildman–Crippen MR) is 70.0 cm³/mol. The molecule has 0 spiro atoms. The average molecular weight is 334 g/mol. The summed E-state index contributed by atoms with van der Waals surface area (Å²) in [6.07, 6.45) is -0.00855. The SMILES string of the molecule is O=C(Cc1cc(Cl)no1)NCCOC(=O)c1cc(Cl)no1. The van der Waals surface area contributed by atoms with E-state index in [0.717, 1.165) is 0 Å². The van der Waals surface area contributed by atoms with Gasteiger partial charge in [-0.15, -0.1) is 0 Å². The van der Waals surface area contributed by atoms with Crippen molar-refractivity contribution < 1.29 is 23.4 Å². The van der Waals surface area contributed by atoms with Crippen LogP contribution in [0.15, 0.2) is 21.2 Å². The Hall–Kier alpha value is -2.06. The maximum atomic E-state index is 11.5. The van der Waals surface area contributed by atoms with Gasteiger partial charge in [-0.1, -0.05) is 33.5 Å². The van der Waals surface area contributed by atoms with Crippen molar-refractivity contribution in [3.63, 3.8) is 0 Å². The van der Waals surface area contributed by atoms with Crippen LogP contribution < -0.4 is 5.32 Å². The van der Waals surface area contributed by atoms with Gasteiger partial charge >= 0.3 is 5.97 Å². The molecule has 2 heterocycles. The summed E-state index contributed by atoms with van der Waals surface area (Å²) in [5.41, 5.74) is 0. The molecule has 8 nitrogen and oxygen atoms in total. The maximum Gasteiger partial charge on any atom is 0.377 e. The van der Waals surface area contributed by atoms with Crippen LogP contribution in [0.2, 0.25) is 10.3 Å². The topological polar surface area (TPSA) is 107 Å². The summed E-state index contributed by atoms with van der Waals surface area (Å²) >= 11 is 11.0. The van der Waals surface area contributed by atoms with Crippen LogP contribution in [0.4, 0.5) is 0 Å². The zero-order valence-corrected chi connectivity index (χ0v) is 12.0. The predicted octanol–water partition coefficient (Wildman–Crippen LogP) is 1.49. The number of rotatable bonds is 6. The molecule has 0 fully saturated rings. The van der Waals surface area contributed by atoms with Gasteiger partial charge in [0.25, 0.3) is 0 Å². The molecule has 0 aliphatic rings. The number of carbonyl (C=O) groups is 2. The highest BCUT2D eigenvalue weighted by molar-refractivity contribution is 6.29. The lowest BCUT2D eigenvalue weighted by atomic mass is 10.3. The molecule has 0 bridgehead atoms. The largest absolute Gasteiger partial charge is 0.458 e. The molecular weight excluding hydrogens is 325 g/mol. The van der Waals surface area contributed by atoms with Crippen molar-refractivity contribution in [2.45, 2.75) is 6.42 Å². The Labute approximate surface area is 128 Å². The van der Waals surface area contributed by atoms with Gasteiger partial charge in [0.05, 0.1) is 13.0 Å². The van der Waals surface area contributed by atoms with Crippen molar-refractivity contribution in [2.75, 3.05) is 13.2 Å². The number of esters is 1. The number of amides is 1. The van der Waals surface area contributed by atoms with Crippen molar-refractivity contribution >= 4 is 35.1 Å². The van der Waals surface area contributed by atoms with E-state index in [-0.39, 0.29) is 41.5 Å². The first kappa shape index (κ1) is 15.3. The van der Waals surface area contributed by atoms with E-state index in [2.05, 4.69) is 20.2 Å². The van der Waals surface area contributed by atoms with Crippen molar-refractivity contribution in [3.05, 3.63) is 34.0 Å². The second-order valence-corrected chi connectivity index (χ2v) is 4.57. The average Bonchev–Trinajstić information content (AvgIpc) is 3.03. The minimum atomic E-state index is -0.717. The molecule has 10 heteroatoms. The van der Waals surface area contributed by atoms with E-state index in [1.165, 1.54) is 12.1 Å². The third-order valence-corrected chi connectivity index (χ3v) is 2.56. The molecule has 21 heavy (non-hydrogen) atoms. The molecule has 2 aromatic rings. The number of halogens is 2. The Morgan fingerprint density at radius 3 is 2.52 bits per heavy atom. The van der Waals surface area contributed by atoms with Gasteiger partial charge in [0.15, 0.2) is 10.3 Å². The van der Waals surface area contributed by atoms with Gasteiger partial charge in [-0.2, -0.15) is 0 Å². The van der Waals surface area contributed by atoms with Crippen LogP contribution in [0.25, 0.3) is 0 Å². The van der Waals surface area contributed by atoms with Gasteiger partial charge < -0.3 is 19.1 Å². The highest BCUT2D eigenvalue weighted by Gasteiger charge is 2.14. The fourth-order valence-corrected chi connectivity index (χ4v) is 1.64. The normalized spacial score (nSPS) is 10.4. The Morgan fingerprint density at radius 1 is 1.19 bits per heavy atom. The van der Waals surface area contributed by atoms with Crippen LogP contribution in [0.3, 0.4) is 0 Å². The Balaban J connectivity index is 1.65. The zero-order valence-electron chi connectivity index (χ0n) is 10.5. The van der Waals surface area contributed by atoms with Gasteiger partial charge in [-0.25, -0.2) is 4.79 Å². The van der Waals surface area contributed by atoms with Crippen LogP contribution >= 0.6 is 23.2 Å². The monoisotopic (exact) mass is 333 g/mol. The Kier molecular flexibility index (Phi) is 5.18. The highest BCUT2D eigenvalue weighted by Crippen LogP contribution is 2.10. The first-order valence-corrected chi connectivity index (χ1v) is 6.47. The maximum absolute atomic E-state index is 11.5. The first-order valence-electron chi connectivity index (χ1n) is 5.71. The molecule has 0 aliphatic heterocycles. The van der Waals surface area contributed by atoms with Crippen LogP contribution in [0.1, 0.15) is 16.3 Å². The molecule has 0 aliphatic carbocycles. The van der Waals surface area contributed by atoms with E-state index in [9.17, 15) is 9.59 Å². The number of ether oxygens (including phenoxy) is 1. The van der Waals surface area contributed by atoms with Gasteiger partial charge in [-0.3, -0.25) is 4.79 Å². The van der Waals surface area contributed by atoms with Crippen LogP contribution in [0.5, 0.6) is 0 Å².